The van der Waals surface area contributed by atoms with Crippen LogP contribution in [0.3, 0.4) is 0 Å². The standard InChI is InChI=1S/C19H23FN4O3/c1-9-14-5-10(21-9)7-23(14)17-13(20)6-11-15(25)12(18(26)27)8-24(16(11)22-17)19(2,3)4/h6,8-10,14,21H,5,7H2,1-4H3,(H,26,27)/t9-,10-,14-/m0/s1. The number of fused-ring (bicyclic) bond motifs is 3. The average molecular weight is 374 g/mol. The van der Waals surface area contributed by atoms with Crippen LogP contribution in [0.1, 0.15) is 44.5 Å². The maximum absolute atomic E-state index is 14.9. The number of carboxylic acid groups (broad SMARTS) is 1. The number of pyridine rings is 2. The Kier molecular flexibility index (Phi) is 3.82. The first-order valence-electron chi connectivity index (χ1n) is 9.10. The summed E-state index contributed by atoms with van der Waals surface area (Å²) in [6.45, 7) is 8.39. The molecule has 0 amide bonds. The van der Waals surface area contributed by atoms with Crippen molar-refractivity contribution >= 4 is 22.8 Å². The first-order chi connectivity index (χ1) is 12.6. The zero-order chi connectivity index (χ0) is 19.7. The Morgan fingerprint density at radius 1 is 1.41 bits per heavy atom. The molecule has 2 N–H and O–H groups in total. The largest absolute Gasteiger partial charge is 0.477 e. The lowest BCUT2D eigenvalue weighted by Crippen LogP contribution is -2.50. The van der Waals surface area contributed by atoms with Gasteiger partial charge in [-0.1, -0.05) is 0 Å². The minimum absolute atomic E-state index is 0.0124. The van der Waals surface area contributed by atoms with Gasteiger partial charge < -0.3 is 19.9 Å². The molecule has 0 saturated carbocycles. The molecule has 2 aliphatic rings. The minimum atomic E-state index is -1.33. The molecule has 0 radical (unpaired) electrons. The molecule has 2 aromatic rings. The van der Waals surface area contributed by atoms with Crippen molar-refractivity contribution in [2.24, 2.45) is 0 Å². The molecule has 2 aliphatic heterocycles. The Labute approximate surface area is 155 Å². The number of hydrogen-bond donors (Lipinski definition) is 2. The molecule has 4 heterocycles. The molecule has 144 valence electrons. The molecule has 7 nitrogen and oxygen atoms in total. The molecule has 0 spiro atoms. The number of piperazine rings is 1. The molecule has 0 unspecified atom stereocenters. The van der Waals surface area contributed by atoms with Crippen molar-refractivity contribution in [2.75, 3.05) is 11.4 Å². The molecule has 4 rings (SSSR count). The van der Waals surface area contributed by atoms with Crippen molar-refractivity contribution in [2.45, 2.75) is 57.8 Å². The number of carboxylic acids is 1. The van der Waals surface area contributed by atoms with Crippen LogP contribution in [0.2, 0.25) is 0 Å². The van der Waals surface area contributed by atoms with Gasteiger partial charge in [0.25, 0.3) is 0 Å². The fraction of sp³-hybridized carbons (Fsp3) is 0.526. The predicted octanol–water partition coefficient (Wildman–Crippen LogP) is 1.93. The van der Waals surface area contributed by atoms with Crippen LogP contribution in [-0.2, 0) is 5.54 Å². The number of rotatable bonds is 2. The Morgan fingerprint density at radius 2 is 2.11 bits per heavy atom. The number of aromatic carboxylic acids is 1. The summed E-state index contributed by atoms with van der Waals surface area (Å²) in [6, 6.07) is 1.84. The Bertz CT molecular complexity index is 1010. The second-order valence-electron chi connectivity index (χ2n) is 8.49. The van der Waals surface area contributed by atoms with Crippen molar-refractivity contribution in [1.82, 2.24) is 14.9 Å². The molecule has 2 fully saturated rings. The molecular formula is C19H23FN4O3. The van der Waals surface area contributed by atoms with E-state index in [-0.39, 0.29) is 28.9 Å². The van der Waals surface area contributed by atoms with Crippen LogP contribution in [0.4, 0.5) is 10.2 Å². The number of nitrogens with one attached hydrogen (secondary N) is 1. The molecule has 2 saturated heterocycles. The second kappa shape index (κ2) is 5.76. The number of nitrogens with zero attached hydrogens (tertiary/aromatic N) is 3. The van der Waals surface area contributed by atoms with Gasteiger partial charge in [0.2, 0.25) is 5.43 Å². The van der Waals surface area contributed by atoms with E-state index in [0.29, 0.717) is 18.2 Å². The summed E-state index contributed by atoms with van der Waals surface area (Å²) in [4.78, 5) is 30.6. The van der Waals surface area contributed by atoms with Crippen LogP contribution in [0, 0.1) is 5.82 Å². The third-order valence-corrected chi connectivity index (χ3v) is 5.56. The van der Waals surface area contributed by atoms with Crippen molar-refractivity contribution in [3.8, 4) is 0 Å². The van der Waals surface area contributed by atoms with Gasteiger partial charge in [-0.15, -0.1) is 0 Å². The molecule has 2 aromatic heterocycles. The molecule has 2 bridgehead atoms. The highest BCUT2D eigenvalue weighted by atomic mass is 19.1. The SMILES string of the molecule is C[C@@H]1N[C@H]2C[C@@H]1N(c1nc3c(cc1F)c(=O)c(C(=O)O)cn3C(C)(C)C)C2. The lowest BCUT2D eigenvalue weighted by Gasteiger charge is -2.33. The molecule has 0 aliphatic carbocycles. The third kappa shape index (κ3) is 2.70. The third-order valence-electron chi connectivity index (χ3n) is 5.56. The molecule has 8 heteroatoms. The monoisotopic (exact) mass is 374 g/mol. The van der Waals surface area contributed by atoms with E-state index < -0.39 is 22.8 Å². The van der Waals surface area contributed by atoms with Gasteiger partial charge in [0.1, 0.15) is 11.2 Å². The summed E-state index contributed by atoms with van der Waals surface area (Å²) in [7, 11) is 0. The van der Waals surface area contributed by atoms with Gasteiger partial charge in [0.05, 0.1) is 5.39 Å². The van der Waals surface area contributed by atoms with Gasteiger partial charge >= 0.3 is 5.97 Å². The highest BCUT2D eigenvalue weighted by Gasteiger charge is 2.44. The zero-order valence-electron chi connectivity index (χ0n) is 15.8. The number of hydrogen-bond acceptors (Lipinski definition) is 5. The van der Waals surface area contributed by atoms with E-state index in [2.05, 4.69) is 17.2 Å². The summed E-state index contributed by atoms with van der Waals surface area (Å²) in [5.74, 6) is -1.70. The van der Waals surface area contributed by atoms with Crippen LogP contribution in [0.15, 0.2) is 17.1 Å². The number of aromatic nitrogens is 2. The van der Waals surface area contributed by atoms with Gasteiger partial charge in [0, 0.05) is 36.4 Å². The summed E-state index contributed by atoms with van der Waals surface area (Å²) >= 11 is 0. The van der Waals surface area contributed by atoms with E-state index in [1.54, 1.807) is 4.57 Å². The summed E-state index contributed by atoms with van der Waals surface area (Å²) < 4.78 is 16.6. The number of anilines is 1. The smallest absolute Gasteiger partial charge is 0.341 e. The van der Waals surface area contributed by atoms with Crippen LogP contribution < -0.4 is 15.6 Å². The quantitative estimate of drug-likeness (QED) is 0.835. The predicted molar refractivity (Wildman–Crippen MR) is 100 cm³/mol. The van der Waals surface area contributed by atoms with Crippen LogP contribution in [0.5, 0.6) is 0 Å². The number of carbonyl (C=O) groups is 1. The van der Waals surface area contributed by atoms with Crippen molar-refractivity contribution < 1.29 is 14.3 Å². The molecule has 0 aromatic carbocycles. The van der Waals surface area contributed by atoms with Gasteiger partial charge in [-0.3, -0.25) is 4.79 Å². The lowest BCUT2D eigenvalue weighted by atomic mass is 10.1. The summed E-state index contributed by atoms with van der Waals surface area (Å²) in [5, 5.41) is 12.8. The molecule has 3 atom stereocenters. The van der Waals surface area contributed by atoms with E-state index in [4.69, 9.17) is 0 Å². The van der Waals surface area contributed by atoms with Gasteiger partial charge in [-0.25, -0.2) is 14.2 Å². The minimum Gasteiger partial charge on any atom is -0.477 e. The maximum atomic E-state index is 14.9. The highest BCUT2D eigenvalue weighted by Crippen LogP contribution is 2.34. The van der Waals surface area contributed by atoms with Gasteiger partial charge in [-0.2, -0.15) is 0 Å². The molecular weight excluding hydrogens is 351 g/mol. The van der Waals surface area contributed by atoms with E-state index in [0.717, 1.165) is 12.5 Å². The maximum Gasteiger partial charge on any atom is 0.341 e. The molecule has 27 heavy (non-hydrogen) atoms. The zero-order valence-corrected chi connectivity index (χ0v) is 15.8. The van der Waals surface area contributed by atoms with Crippen LogP contribution >= 0.6 is 0 Å². The lowest BCUT2D eigenvalue weighted by molar-refractivity contribution is 0.0694. The second-order valence-corrected chi connectivity index (χ2v) is 8.49. The Hall–Kier alpha value is -2.48. The Morgan fingerprint density at radius 3 is 2.67 bits per heavy atom. The summed E-state index contributed by atoms with van der Waals surface area (Å²) in [5.41, 5.74) is -1.33. The van der Waals surface area contributed by atoms with Crippen LogP contribution in [0.25, 0.3) is 11.0 Å². The summed E-state index contributed by atoms with van der Waals surface area (Å²) in [6.07, 6.45) is 2.24. The first-order valence-corrected chi connectivity index (χ1v) is 9.10. The van der Waals surface area contributed by atoms with E-state index in [1.807, 2.05) is 25.7 Å². The van der Waals surface area contributed by atoms with E-state index in [1.165, 1.54) is 6.20 Å². The van der Waals surface area contributed by atoms with E-state index >= 15 is 0 Å². The van der Waals surface area contributed by atoms with Gasteiger partial charge in [-0.05, 0) is 40.2 Å². The van der Waals surface area contributed by atoms with E-state index in [9.17, 15) is 19.1 Å². The van der Waals surface area contributed by atoms with Crippen molar-refractivity contribution in [3.05, 3.63) is 33.9 Å². The first kappa shape index (κ1) is 17.9. The fourth-order valence-corrected chi connectivity index (χ4v) is 4.27. The van der Waals surface area contributed by atoms with Crippen molar-refractivity contribution in [1.29, 1.82) is 0 Å². The van der Waals surface area contributed by atoms with Crippen LogP contribution in [-0.4, -0.2) is 45.3 Å². The highest BCUT2D eigenvalue weighted by molar-refractivity contribution is 5.92. The normalized spacial score (nSPS) is 24.8. The van der Waals surface area contributed by atoms with Gasteiger partial charge in [0.15, 0.2) is 11.6 Å². The number of halogens is 1. The van der Waals surface area contributed by atoms with Crippen molar-refractivity contribution in [3.63, 3.8) is 0 Å². The Balaban J connectivity index is 1.97. The topological polar surface area (TPSA) is 87.5 Å². The fourth-order valence-electron chi connectivity index (χ4n) is 4.27. The average Bonchev–Trinajstić information content (AvgIpc) is 3.12.